The molecule has 0 fully saturated rings. The highest BCUT2D eigenvalue weighted by molar-refractivity contribution is 7.24. The topological polar surface area (TPSA) is 50.5 Å². The van der Waals surface area contributed by atoms with Crippen molar-refractivity contribution >= 4 is 34.5 Å². The summed E-state index contributed by atoms with van der Waals surface area (Å²) >= 11 is 3.64. The molecular weight excluding hydrogens is 667 g/mol. The van der Waals surface area contributed by atoms with E-state index < -0.39 is 0 Å². The Labute approximate surface area is 315 Å². The van der Waals surface area contributed by atoms with Crippen LogP contribution in [-0.2, 0) is 11.8 Å². The molecule has 6 rings (SSSR count). The van der Waals surface area contributed by atoms with Crippen LogP contribution in [0.2, 0.25) is 0 Å². The molecule has 0 saturated heterocycles. The summed E-state index contributed by atoms with van der Waals surface area (Å²) < 4.78 is 6.43. The molecule has 3 aromatic heterocycles. The second-order valence-electron chi connectivity index (χ2n) is 15.4. The van der Waals surface area contributed by atoms with Crippen LogP contribution < -0.4 is 0 Å². The number of amides is 2. The lowest BCUT2D eigenvalue weighted by atomic mass is 9.67. The van der Waals surface area contributed by atoms with Gasteiger partial charge in [-0.3, -0.25) is 14.5 Å². The van der Waals surface area contributed by atoms with Crippen LogP contribution in [0.5, 0.6) is 0 Å². The number of nitrogens with zero attached hydrogens (tertiary/aromatic N) is 1. The minimum atomic E-state index is -0.274. The van der Waals surface area contributed by atoms with Crippen molar-refractivity contribution in [1.29, 1.82) is 0 Å². The average Bonchev–Trinajstić information content (AvgIpc) is 3.92. The maximum atomic E-state index is 14.1. The molecule has 0 bridgehead atoms. The molecule has 3 atom stereocenters. The average molecular weight is 726 g/mol. The Morgan fingerprint density at radius 3 is 2.02 bits per heavy atom. The minimum absolute atomic E-state index is 0.190. The van der Waals surface area contributed by atoms with E-state index in [0.717, 1.165) is 49.8 Å². The Balaban J connectivity index is 1.44. The summed E-state index contributed by atoms with van der Waals surface area (Å²) in [6.45, 7) is 15.8. The van der Waals surface area contributed by atoms with Gasteiger partial charge in [-0.25, -0.2) is 0 Å². The van der Waals surface area contributed by atoms with Crippen molar-refractivity contribution in [2.24, 2.45) is 11.8 Å². The van der Waals surface area contributed by atoms with Gasteiger partial charge in [0.05, 0.1) is 10.4 Å². The SMILES string of the molecule is CCCCCCc1ccc(C2(CC(CC)CCCC)c3cc(C)sc3-c3sc(-c4oc(C)c5c4C(=O)N(CC(CC)CCCC)C5=O)cc32)cc1. The normalized spacial score (nSPS) is 17.7. The van der Waals surface area contributed by atoms with Crippen LogP contribution in [0.15, 0.2) is 40.8 Å². The van der Waals surface area contributed by atoms with Gasteiger partial charge in [0.2, 0.25) is 0 Å². The van der Waals surface area contributed by atoms with Crippen LogP contribution >= 0.6 is 22.7 Å². The maximum Gasteiger partial charge on any atom is 0.265 e. The fourth-order valence-corrected chi connectivity index (χ4v) is 11.2. The Morgan fingerprint density at radius 1 is 0.725 bits per heavy atom. The molecule has 0 spiro atoms. The molecule has 4 nitrogen and oxygen atoms in total. The number of hydrogen-bond donors (Lipinski definition) is 0. The van der Waals surface area contributed by atoms with E-state index in [4.69, 9.17) is 4.42 Å². The predicted octanol–water partition coefficient (Wildman–Crippen LogP) is 13.5. The van der Waals surface area contributed by atoms with Crippen LogP contribution in [0.3, 0.4) is 0 Å². The molecule has 0 radical (unpaired) electrons. The first-order chi connectivity index (χ1) is 24.7. The second-order valence-corrected chi connectivity index (χ2v) is 17.7. The molecule has 1 aliphatic heterocycles. The highest BCUT2D eigenvalue weighted by Crippen LogP contribution is 2.62. The van der Waals surface area contributed by atoms with Crippen molar-refractivity contribution < 1.29 is 14.0 Å². The number of carbonyl (C=O) groups excluding carboxylic acids is 2. The van der Waals surface area contributed by atoms with Crippen LogP contribution in [0, 0.1) is 25.7 Å². The molecule has 2 aliphatic rings. The highest BCUT2D eigenvalue weighted by Gasteiger charge is 2.49. The zero-order valence-electron chi connectivity index (χ0n) is 32.2. The summed E-state index contributed by atoms with van der Waals surface area (Å²) in [7, 11) is 0. The molecule has 51 heavy (non-hydrogen) atoms. The van der Waals surface area contributed by atoms with E-state index in [-0.39, 0.29) is 17.2 Å². The van der Waals surface area contributed by atoms with E-state index in [1.165, 1.54) is 86.7 Å². The number of thiophene rings is 2. The Morgan fingerprint density at radius 2 is 1.35 bits per heavy atom. The molecule has 1 aromatic carbocycles. The smallest absolute Gasteiger partial charge is 0.265 e. The molecule has 4 heterocycles. The number of furan rings is 1. The largest absolute Gasteiger partial charge is 0.459 e. The van der Waals surface area contributed by atoms with E-state index in [9.17, 15) is 9.59 Å². The van der Waals surface area contributed by atoms with Crippen LogP contribution in [0.1, 0.15) is 172 Å². The van der Waals surface area contributed by atoms with Gasteiger partial charge in [0.15, 0.2) is 5.76 Å². The molecule has 274 valence electrons. The number of unbranched alkanes of at least 4 members (excludes halogenated alkanes) is 5. The summed E-state index contributed by atoms with van der Waals surface area (Å²) in [6.07, 6.45) is 16.3. The zero-order chi connectivity index (χ0) is 36.3. The quantitative estimate of drug-likeness (QED) is 0.0714. The van der Waals surface area contributed by atoms with Gasteiger partial charge in [0.1, 0.15) is 11.3 Å². The molecule has 3 unspecified atom stereocenters. The van der Waals surface area contributed by atoms with Gasteiger partial charge in [0, 0.05) is 26.6 Å². The number of aryl methyl sites for hydroxylation is 3. The van der Waals surface area contributed by atoms with Gasteiger partial charge in [-0.15, -0.1) is 22.7 Å². The number of benzene rings is 1. The molecule has 0 N–H and O–H groups in total. The van der Waals surface area contributed by atoms with Crippen molar-refractivity contribution in [2.45, 2.75) is 144 Å². The van der Waals surface area contributed by atoms with Gasteiger partial charge in [0.25, 0.3) is 11.8 Å². The summed E-state index contributed by atoms with van der Waals surface area (Å²) in [5, 5.41) is 0. The number of rotatable bonds is 19. The number of imide groups is 1. The summed E-state index contributed by atoms with van der Waals surface area (Å²) in [5.74, 6) is 1.65. The van der Waals surface area contributed by atoms with Gasteiger partial charge >= 0.3 is 0 Å². The fraction of sp³-hybridized carbons (Fsp3) is 0.556. The first kappa shape index (κ1) is 37.8. The zero-order valence-corrected chi connectivity index (χ0v) is 33.8. The second kappa shape index (κ2) is 16.4. The van der Waals surface area contributed by atoms with Crippen LogP contribution in [0.4, 0.5) is 0 Å². The van der Waals surface area contributed by atoms with Gasteiger partial charge in [-0.2, -0.15) is 0 Å². The summed E-state index contributed by atoms with van der Waals surface area (Å²) in [4.78, 5) is 34.4. The Bertz CT molecular complexity index is 1820. The maximum absolute atomic E-state index is 14.1. The number of fused-ring (bicyclic) bond motifs is 4. The number of hydrogen-bond acceptors (Lipinski definition) is 5. The van der Waals surface area contributed by atoms with E-state index >= 15 is 0 Å². The Hall–Kier alpha value is -2.96. The summed E-state index contributed by atoms with van der Waals surface area (Å²) in [6, 6.07) is 14.4. The van der Waals surface area contributed by atoms with Gasteiger partial charge < -0.3 is 4.42 Å². The van der Waals surface area contributed by atoms with Crippen molar-refractivity contribution in [2.75, 3.05) is 6.54 Å². The van der Waals surface area contributed by atoms with E-state index in [1.807, 2.05) is 18.3 Å². The lowest BCUT2D eigenvalue weighted by molar-refractivity contribution is 0.0621. The van der Waals surface area contributed by atoms with Crippen molar-refractivity contribution in [3.05, 3.63) is 80.4 Å². The Kier molecular flexibility index (Phi) is 12.1. The third-order valence-electron chi connectivity index (χ3n) is 11.8. The third kappa shape index (κ3) is 7.09. The molecule has 0 saturated carbocycles. The van der Waals surface area contributed by atoms with Crippen molar-refractivity contribution in [3.63, 3.8) is 0 Å². The van der Waals surface area contributed by atoms with E-state index in [0.29, 0.717) is 41.0 Å². The van der Waals surface area contributed by atoms with Crippen LogP contribution in [-0.4, -0.2) is 23.3 Å². The standard InChI is InChI=1S/C45H59NO3S2/c1-8-13-16-17-20-33-21-23-34(24-22-33)45(27-31(11-4)18-14-9-2)35-25-29(6)50-41(35)42-36(45)26-37(51-42)40-39-38(30(7)49-40)43(47)46(44(39)48)28-32(12-5)19-15-10-3/h21-26,31-32H,8-20,27-28H2,1-7H3. The van der Waals surface area contributed by atoms with E-state index in [2.05, 4.69) is 77.9 Å². The molecule has 1 aliphatic carbocycles. The minimum Gasteiger partial charge on any atom is -0.459 e. The monoisotopic (exact) mass is 725 g/mol. The van der Waals surface area contributed by atoms with Crippen LogP contribution in [0.25, 0.3) is 20.4 Å². The third-order valence-corrected chi connectivity index (χ3v) is 14.2. The first-order valence-electron chi connectivity index (χ1n) is 20.1. The molecular formula is C45H59NO3S2. The lowest BCUT2D eigenvalue weighted by Crippen LogP contribution is -2.35. The van der Waals surface area contributed by atoms with Crippen molar-refractivity contribution in [1.82, 2.24) is 4.90 Å². The molecule has 2 amide bonds. The van der Waals surface area contributed by atoms with E-state index in [1.54, 1.807) is 11.3 Å². The predicted molar refractivity (Wildman–Crippen MR) is 216 cm³/mol. The van der Waals surface area contributed by atoms with Gasteiger partial charge in [-0.1, -0.05) is 123 Å². The molecule has 6 heteroatoms. The van der Waals surface area contributed by atoms with Gasteiger partial charge in [-0.05, 0) is 85.8 Å². The molecule has 4 aromatic rings. The lowest BCUT2D eigenvalue weighted by Gasteiger charge is -2.35. The fourth-order valence-electron chi connectivity index (χ4n) is 8.75. The van der Waals surface area contributed by atoms with Crippen molar-refractivity contribution in [3.8, 4) is 20.4 Å². The highest BCUT2D eigenvalue weighted by atomic mass is 32.1. The number of carbonyl (C=O) groups is 2. The summed E-state index contributed by atoms with van der Waals surface area (Å²) in [5.41, 5.74) is 6.24. The first-order valence-corrected chi connectivity index (χ1v) is 21.7.